The summed E-state index contributed by atoms with van der Waals surface area (Å²) < 4.78 is 1.92. The molecular weight excluding hydrogens is 278 g/mol. The smallest absolute Gasteiger partial charge is 0.102 e. The quantitative estimate of drug-likeness (QED) is 0.940. The monoisotopic (exact) mass is 295 g/mol. The molecule has 5 heteroatoms. The topological polar surface area (TPSA) is 43.8 Å². The van der Waals surface area contributed by atoms with Crippen molar-refractivity contribution in [3.63, 3.8) is 0 Å². The summed E-state index contributed by atoms with van der Waals surface area (Å²) in [4.78, 5) is 1.15. The number of aryl methyl sites for hydroxylation is 2. The minimum atomic E-state index is 0.132. The molecule has 0 radical (unpaired) electrons. The first kappa shape index (κ1) is 14.4. The second-order valence-corrected chi connectivity index (χ2v) is 6.23. The zero-order chi connectivity index (χ0) is 14.0. The first-order chi connectivity index (χ1) is 8.97. The highest BCUT2D eigenvalue weighted by Crippen LogP contribution is 2.32. The first-order valence-corrected chi connectivity index (χ1v) is 7.38. The van der Waals surface area contributed by atoms with Crippen molar-refractivity contribution in [2.45, 2.75) is 36.2 Å². The van der Waals surface area contributed by atoms with Crippen LogP contribution in [-0.4, -0.2) is 15.8 Å². The molecule has 102 valence electrons. The molecule has 0 aliphatic carbocycles. The molecule has 1 aromatic heterocycles. The van der Waals surface area contributed by atoms with Crippen LogP contribution in [0.25, 0.3) is 0 Å². The van der Waals surface area contributed by atoms with Crippen LogP contribution in [-0.2, 0) is 13.5 Å². The van der Waals surface area contributed by atoms with Gasteiger partial charge in [-0.3, -0.25) is 4.68 Å². The summed E-state index contributed by atoms with van der Waals surface area (Å²) in [6, 6.07) is 7.97. The van der Waals surface area contributed by atoms with Crippen molar-refractivity contribution in [1.29, 1.82) is 0 Å². The van der Waals surface area contributed by atoms with Crippen LogP contribution in [0.15, 0.2) is 34.2 Å². The third-order valence-corrected chi connectivity index (χ3v) is 4.31. The first-order valence-electron chi connectivity index (χ1n) is 6.19. The van der Waals surface area contributed by atoms with Gasteiger partial charge >= 0.3 is 0 Å². The Kier molecular flexibility index (Phi) is 4.55. The van der Waals surface area contributed by atoms with Gasteiger partial charge in [0.05, 0.1) is 5.69 Å². The average Bonchev–Trinajstić information content (AvgIpc) is 2.58. The predicted molar refractivity (Wildman–Crippen MR) is 80.9 cm³/mol. The molecule has 2 N–H and O–H groups in total. The highest BCUT2D eigenvalue weighted by molar-refractivity contribution is 7.99. The lowest BCUT2D eigenvalue weighted by atomic mass is 10.1. The Bertz CT molecular complexity index is 561. The SMILES string of the molecule is Cc1nn(C)c(Sc2ccc(Cl)cc2)c1CC(C)N. The van der Waals surface area contributed by atoms with Crippen molar-refractivity contribution in [2.24, 2.45) is 12.8 Å². The molecule has 0 aliphatic heterocycles. The lowest BCUT2D eigenvalue weighted by Gasteiger charge is -2.08. The number of aromatic nitrogens is 2. The number of rotatable bonds is 4. The minimum Gasteiger partial charge on any atom is -0.328 e. The molecule has 1 atom stereocenters. The van der Waals surface area contributed by atoms with Crippen LogP contribution in [0.1, 0.15) is 18.2 Å². The van der Waals surface area contributed by atoms with E-state index >= 15 is 0 Å². The van der Waals surface area contributed by atoms with E-state index in [9.17, 15) is 0 Å². The summed E-state index contributed by atoms with van der Waals surface area (Å²) in [7, 11) is 1.97. The van der Waals surface area contributed by atoms with Gasteiger partial charge in [0, 0.05) is 28.6 Å². The Morgan fingerprint density at radius 1 is 1.37 bits per heavy atom. The molecule has 19 heavy (non-hydrogen) atoms. The minimum absolute atomic E-state index is 0.132. The standard InChI is InChI=1S/C14H18ClN3S/c1-9(16)8-13-10(2)17-18(3)14(13)19-12-6-4-11(15)5-7-12/h4-7,9H,8,16H2,1-3H3. The maximum atomic E-state index is 5.92. The Labute approximate surface area is 123 Å². The van der Waals surface area contributed by atoms with E-state index in [1.54, 1.807) is 11.8 Å². The summed E-state index contributed by atoms with van der Waals surface area (Å²) >= 11 is 7.61. The van der Waals surface area contributed by atoms with Crippen molar-refractivity contribution in [2.75, 3.05) is 0 Å². The molecule has 0 aliphatic rings. The second kappa shape index (κ2) is 5.99. The number of benzene rings is 1. The molecule has 2 aromatic rings. The number of nitrogens with zero attached hydrogens (tertiary/aromatic N) is 2. The van der Waals surface area contributed by atoms with Gasteiger partial charge in [-0.1, -0.05) is 23.4 Å². The highest BCUT2D eigenvalue weighted by atomic mass is 35.5. The molecule has 3 nitrogen and oxygen atoms in total. The van der Waals surface area contributed by atoms with Gasteiger partial charge in [0.25, 0.3) is 0 Å². The maximum absolute atomic E-state index is 5.92. The predicted octanol–water partition coefficient (Wildman–Crippen LogP) is 3.42. The van der Waals surface area contributed by atoms with Crippen LogP contribution in [0.5, 0.6) is 0 Å². The van der Waals surface area contributed by atoms with Crippen molar-refractivity contribution >= 4 is 23.4 Å². The molecule has 0 bridgehead atoms. The Morgan fingerprint density at radius 3 is 2.58 bits per heavy atom. The average molecular weight is 296 g/mol. The van der Waals surface area contributed by atoms with Crippen LogP contribution in [0.4, 0.5) is 0 Å². The molecule has 1 unspecified atom stereocenters. The second-order valence-electron chi connectivity index (χ2n) is 4.73. The molecule has 2 rings (SSSR count). The zero-order valence-electron chi connectivity index (χ0n) is 11.4. The van der Waals surface area contributed by atoms with E-state index in [0.717, 1.165) is 27.1 Å². The Morgan fingerprint density at radius 2 is 2.00 bits per heavy atom. The lowest BCUT2D eigenvalue weighted by Crippen LogP contribution is -2.18. The number of nitrogens with two attached hydrogens (primary N) is 1. The third kappa shape index (κ3) is 3.53. The van der Waals surface area contributed by atoms with Crippen LogP contribution < -0.4 is 5.73 Å². The zero-order valence-corrected chi connectivity index (χ0v) is 12.9. The van der Waals surface area contributed by atoms with Crippen LogP contribution >= 0.6 is 23.4 Å². The highest BCUT2D eigenvalue weighted by Gasteiger charge is 2.15. The van der Waals surface area contributed by atoms with Gasteiger partial charge in [-0.2, -0.15) is 5.10 Å². The van der Waals surface area contributed by atoms with Crippen LogP contribution in [0.3, 0.4) is 0 Å². The van der Waals surface area contributed by atoms with Gasteiger partial charge in [-0.05, 0) is 44.5 Å². The van der Waals surface area contributed by atoms with Crippen molar-refractivity contribution < 1.29 is 0 Å². The summed E-state index contributed by atoms with van der Waals surface area (Å²) in [5.74, 6) is 0. The molecule has 1 heterocycles. The van der Waals surface area contributed by atoms with E-state index in [2.05, 4.69) is 5.10 Å². The summed E-state index contributed by atoms with van der Waals surface area (Å²) in [6.07, 6.45) is 0.843. The molecule has 0 saturated carbocycles. The van der Waals surface area contributed by atoms with E-state index in [1.165, 1.54) is 5.56 Å². The van der Waals surface area contributed by atoms with E-state index < -0.39 is 0 Å². The largest absolute Gasteiger partial charge is 0.328 e. The molecular formula is C14H18ClN3S. The number of hydrogen-bond donors (Lipinski definition) is 1. The van der Waals surface area contributed by atoms with Gasteiger partial charge < -0.3 is 5.73 Å². The fraction of sp³-hybridized carbons (Fsp3) is 0.357. The van der Waals surface area contributed by atoms with Crippen molar-refractivity contribution in [3.8, 4) is 0 Å². The fourth-order valence-corrected chi connectivity index (χ4v) is 3.13. The van der Waals surface area contributed by atoms with Gasteiger partial charge in [0.2, 0.25) is 0 Å². The summed E-state index contributed by atoms with van der Waals surface area (Å²) in [6.45, 7) is 4.05. The van der Waals surface area contributed by atoms with Crippen molar-refractivity contribution in [1.82, 2.24) is 9.78 Å². The molecule has 0 fully saturated rings. The summed E-state index contributed by atoms with van der Waals surface area (Å²) in [5.41, 5.74) is 8.21. The van der Waals surface area contributed by atoms with E-state index in [4.69, 9.17) is 17.3 Å². The molecule has 0 spiro atoms. The van der Waals surface area contributed by atoms with Gasteiger partial charge in [-0.15, -0.1) is 0 Å². The van der Waals surface area contributed by atoms with Crippen LogP contribution in [0, 0.1) is 6.92 Å². The number of halogens is 1. The van der Waals surface area contributed by atoms with Crippen LogP contribution in [0.2, 0.25) is 5.02 Å². The number of hydrogen-bond acceptors (Lipinski definition) is 3. The van der Waals surface area contributed by atoms with Gasteiger partial charge in [0.15, 0.2) is 0 Å². The van der Waals surface area contributed by atoms with Gasteiger partial charge in [0.1, 0.15) is 5.03 Å². The summed E-state index contributed by atoms with van der Waals surface area (Å²) in [5, 5.41) is 6.39. The molecule has 0 saturated heterocycles. The van der Waals surface area contributed by atoms with Crippen molar-refractivity contribution in [3.05, 3.63) is 40.5 Å². The van der Waals surface area contributed by atoms with E-state index in [1.807, 2.05) is 49.8 Å². The maximum Gasteiger partial charge on any atom is 0.102 e. The fourth-order valence-electron chi connectivity index (χ4n) is 1.98. The normalized spacial score (nSPS) is 12.7. The molecule has 0 amide bonds. The Hall–Kier alpha value is -0.970. The van der Waals surface area contributed by atoms with E-state index in [-0.39, 0.29) is 6.04 Å². The van der Waals surface area contributed by atoms with Gasteiger partial charge in [-0.25, -0.2) is 0 Å². The Balaban J connectivity index is 2.31. The van der Waals surface area contributed by atoms with E-state index in [0.29, 0.717) is 0 Å². The lowest BCUT2D eigenvalue weighted by molar-refractivity contribution is 0.677. The molecule has 1 aromatic carbocycles. The third-order valence-electron chi connectivity index (χ3n) is 2.84.